The Bertz CT molecular complexity index is 1490. The minimum Gasteiger partial charge on any atom is -0.459 e. The molecule has 3 aromatic carbocycles. The van der Waals surface area contributed by atoms with Crippen molar-refractivity contribution in [1.82, 2.24) is 15.3 Å². The Balaban J connectivity index is 1.29. The zero-order valence-electron chi connectivity index (χ0n) is 22.0. The maximum Gasteiger partial charge on any atom is 0.286 e. The summed E-state index contributed by atoms with van der Waals surface area (Å²) in [6.45, 7) is 2.73. The second-order valence-electron chi connectivity index (χ2n) is 10.2. The van der Waals surface area contributed by atoms with Crippen LogP contribution < -0.4 is 5.32 Å². The van der Waals surface area contributed by atoms with Gasteiger partial charge in [-0.25, -0.2) is 4.98 Å². The Morgan fingerprint density at radius 3 is 2.77 bits per heavy atom. The number of aliphatic hydroxyl groups is 1. The summed E-state index contributed by atoms with van der Waals surface area (Å²) in [5.74, 6) is 0.490. The Morgan fingerprint density at radius 1 is 1.10 bits per heavy atom. The first-order valence-electron chi connectivity index (χ1n) is 13.7. The molecule has 0 spiro atoms. The predicted molar refractivity (Wildman–Crippen MR) is 150 cm³/mol. The first kappa shape index (κ1) is 25.3. The molecule has 0 radical (unpaired) electrons. The van der Waals surface area contributed by atoms with E-state index in [2.05, 4.69) is 57.7 Å². The van der Waals surface area contributed by atoms with Crippen LogP contribution in [0.3, 0.4) is 0 Å². The number of amides is 1. The molecule has 7 nitrogen and oxygen atoms in total. The van der Waals surface area contributed by atoms with E-state index < -0.39 is 6.29 Å². The Labute approximate surface area is 227 Å². The van der Waals surface area contributed by atoms with E-state index in [4.69, 9.17) is 9.47 Å². The number of aromatic amines is 1. The van der Waals surface area contributed by atoms with Crippen molar-refractivity contribution in [3.05, 3.63) is 101 Å². The largest absolute Gasteiger partial charge is 0.459 e. The van der Waals surface area contributed by atoms with E-state index >= 15 is 0 Å². The third-order valence-electron chi connectivity index (χ3n) is 7.69. The number of fused-ring (bicyclic) bond motifs is 4. The lowest BCUT2D eigenvalue weighted by atomic mass is 9.80. The third-order valence-corrected chi connectivity index (χ3v) is 7.69. The number of benzene rings is 3. The van der Waals surface area contributed by atoms with Gasteiger partial charge in [0.15, 0.2) is 5.76 Å². The highest BCUT2D eigenvalue weighted by Gasteiger charge is 2.38. The molecule has 1 amide bonds. The van der Waals surface area contributed by atoms with Crippen LogP contribution in [0.25, 0.3) is 22.2 Å². The molecule has 3 atom stereocenters. The highest BCUT2D eigenvalue weighted by Crippen LogP contribution is 2.43. The molecule has 6 rings (SSSR count). The van der Waals surface area contributed by atoms with Crippen LogP contribution in [-0.2, 0) is 27.2 Å². The molecular formula is C32H33N3O4. The van der Waals surface area contributed by atoms with Gasteiger partial charge in [-0.15, -0.1) is 0 Å². The second kappa shape index (κ2) is 11.0. The van der Waals surface area contributed by atoms with Gasteiger partial charge in [-0.2, -0.15) is 0 Å². The normalized spacial score (nSPS) is 19.7. The van der Waals surface area contributed by atoms with Crippen LogP contribution in [0.5, 0.6) is 0 Å². The van der Waals surface area contributed by atoms with E-state index in [-0.39, 0.29) is 36.7 Å². The monoisotopic (exact) mass is 523 g/mol. The van der Waals surface area contributed by atoms with Gasteiger partial charge in [0, 0.05) is 25.0 Å². The van der Waals surface area contributed by atoms with Crippen molar-refractivity contribution in [2.45, 2.75) is 44.9 Å². The number of hydrogen-bond donors (Lipinski definition) is 3. The van der Waals surface area contributed by atoms with E-state index in [1.54, 1.807) is 0 Å². The zero-order chi connectivity index (χ0) is 26.8. The van der Waals surface area contributed by atoms with Crippen molar-refractivity contribution in [3.8, 4) is 11.1 Å². The summed E-state index contributed by atoms with van der Waals surface area (Å²) >= 11 is 0. The average molecular weight is 524 g/mol. The smallest absolute Gasteiger partial charge is 0.286 e. The van der Waals surface area contributed by atoms with Gasteiger partial charge in [0.1, 0.15) is 5.82 Å². The van der Waals surface area contributed by atoms with Gasteiger partial charge in [0.25, 0.3) is 5.91 Å². The number of hydrogen-bond acceptors (Lipinski definition) is 5. The van der Waals surface area contributed by atoms with Gasteiger partial charge in [-0.3, -0.25) is 4.79 Å². The van der Waals surface area contributed by atoms with Crippen molar-refractivity contribution in [2.75, 3.05) is 13.2 Å². The molecular weight excluding hydrogens is 490 g/mol. The number of ether oxygens (including phenoxy) is 2. The molecule has 1 aromatic heterocycles. The first-order chi connectivity index (χ1) is 19.1. The molecule has 1 aliphatic heterocycles. The van der Waals surface area contributed by atoms with Gasteiger partial charge >= 0.3 is 0 Å². The molecule has 1 aliphatic carbocycles. The molecule has 0 saturated heterocycles. The van der Waals surface area contributed by atoms with Crippen LogP contribution in [0.4, 0.5) is 0 Å². The fourth-order valence-electron chi connectivity index (χ4n) is 5.86. The van der Waals surface area contributed by atoms with Gasteiger partial charge in [-0.05, 0) is 72.2 Å². The average Bonchev–Trinajstić information content (AvgIpc) is 3.55. The number of carbonyl (C=O) groups excluding carboxylic acids is 1. The molecule has 2 heterocycles. The van der Waals surface area contributed by atoms with Gasteiger partial charge in [0.2, 0.25) is 6.29 Å². The molecule has 0 fully saturated rings. The molecule has 2 aliphatic rings. The van der Waals surface area contributed by atoms with E-state index in [0.717, 1.165) is 23.0 Å². The standard InChI is InChI=1S/C32H33N3O4/c1-2-38-32-25(10-7-15-36)26(21-13-14-24-22(17-21)16-20-8-3-4-9-23(20)24)18-29(39-32)31(37)33-19-30-34-27-11-5-6-12-28(27)35-30/h3-6,8-9,11-14,17-18,25-26,32,36H,2,7,10,15-16,19H2,1H3,(H,33,37)(H,34,35)/t25-,26+,32+/m1/s1. The van der Waals surface area contributed by atoms with Crippen LogP contribution in [0.15, 0.2) is 78.6 Å². The molecule has 0 saturated carbocycles. The van der Waals surface area contributed by atoms with E-state index in [9.17, 15) is 9.90 Å². The van der Waals surface area contributed by atoms with Crippen molar-refractivity contribution >= 4 is 16.9 Å². The van der Waals surface area contributed by atoms with Crippen LogP contribution in [0.2, 0.25) is 0 Å². The lowest BCUT2D eigenvalue weighted by molar-refractivity contribution is -0.166. The minimum absolute atomic E-state index is 0.0362. The van der Waals surface area contributed by atoms with Gasteiger partial charge in [0.05, 0.1) is 17.6 Å². The Hall–Kier alpha value is -3.94. The third kappa shape index (κ3) is 5.07. The van der Waals surface area contributed by atoms with Crippen molar-refractivity contribution in [3.63, 3.8) is 0 Å². The number of nitrogens with one attached hydrogen (secondary N) is 2. The van der Waals surface area contributed by atoms with E-state index in [0.29, 0.717) is 25.3 Å². The molecule has 3 N–H and O–H groups in total. The summed E-state index contributed by atoms with van der Waals surface area (Å²) in [7, 11) is 0. The zero-order valence-corrected chi connectivity index (χ0v) is 22.0. The van der Waals surface area contributed by atoms with E-state index in [1.807, 2.05) is 37.3 Å². The van der Waals surface area contributed by atoms with Crippen molar-refractivity contribution < 1.29 is 19.4 Å². The van der Waals surface area contributed by atoms with Gasteiger partial charge < -0.3 is 24.9 Å². The minimum atomic E-state index is -0.589. The predicted octanol–water partition coefficient (Wildman–Crippen LogP) is 5.20. The van der Waals surface area contributed by atoms with Crippen molar-refractivity contribution in [1.29, 1.82) is 0 Å². The molecule has 0 unspecified atom stereocenters. The second-order valence-corrected chi connectivity index (χ2v) is 10.2. The summed E-state index contributed by atoms with van der Waals surface area (Å²) in [6, 6.07) is 22.9. The molecule has 0 bridgehead atoms. The van der Waals surface area contributed by atoms with E-state index in [1.165, 1.54) is 22.3 Å². The molecule has 4 aromatic rings. The summed E-state index contributed by atoms with van der Waals surface area (Å²) in [5.41, 5.74) is 8.09. The highest BCUT2D eigenvalue weighted by molar-refractivity contribution is 5.91. The molecule has 200 valence electrons. The maximum atomic E-state index is 13.3. The number of imidazole rings is 1. The molecule has 39 heavy (non-hydrogen) atoms. The number of carbonyl (C=O) groups is 1. The topological polar surface area (TPSA) is 96.5 Å². The Morgan fingerprint density at radius 2 is 1.92 bits per heavy atom. The van der Waals surface area contributed by atoms with Crippen molar-refractivity contribution in [2.24, 2.45) is 5.92 Å². The maximum absolute atomic E-state index is 13.3. The first-order valence-corrected chi connectivity index (χ1v) is 13.7. The summed E-state index contributed by atoms with van der Waals surface area (Å²) in [5, 5.41) is 12.6. The summed E-state index contributed by atoms with van der Waals surface area (Å²) < 4.78 is 12.2. The number of H-pyrrole nitrogens is 1. The quantitative estimate of drug-likeness (QED) is 0.247. The summed E-state index contributed by atoms with van der Waals surface area (Å²) in [4.78, 5) is 21.1. The summed E-state index contributed by atoms with van der Waals surface area (Å²) in [6.07, 6.45) is 3.58. The SMILES string of the molecule is CCO[C@H]1OC(C(=O)NCc2nc3ccccc3[nH]2)=C[C@@H](c2ccc3c(c2)Cc2ccccc2-3)[C@H]1CCCO. The lowest BCUT2D eigenvalue weighted by Crippen LogP contribution is -2.39. The fourth-order valence-corrected chi connectivity index (χ4v) is 5.86. The highest BCUT2D eigenvalue weighted by atomic mass is 16.7. The number of nitrogens with zero attached hydrogens (tertiary/aromatic N) is 1. The number of rotatable bonds is 9. The lowest BCUT2D eigenvalue weighted by Gasteiger charge is -2.37. The number of aromatic nitrogens is 2. The Kier molecular flexibility index (Phi) is 7.18. The number of para-hydroxylation sites is 2. The van der Waals surface area contributed by atoms with Crippen LogP contribution in [0, 0.1) is 5.92 Å². The molecule has 7 heteroatoms. The number of allylic oxidation sites excluding steroid dienone is 1. The number of aliphatic hydroxyl groups excluding tert-OH is 1. The van der Waals surface area contributed by atoms with Crippen LogP contribution in [0.1, 0.15) is 48.2 Å². The van der Waals surface area contributed by atoms with Crippen LogP contribution in [-0.4, -0.2) is 40.5 Å². The van der Waals surface area contributed by atoms with Crippen LogP contribution >= 0.6 is 0 Å². The van der Waals surface area contributed by atoms with Gasteiger partial charge in [-0.1, -0.05) is 54.6 Å². The fraction of sp³-hybridized carbons (Fsp3) is 0.312.